The van der Waals surface area contributed by atoms with E-state index < -0.39 is 0 Å². The third-order valence-electron chi connectivity index (χ3n) is 2.88. The molecule has 0 spiro atoms. The Morgan fingerprint density at radius 2 is 2.47 bits per heavy atom. The van der Waals surface area contributed by atoms with Gasteiger partial charge in [-0.1, -0.05) is 6.42 Å². The molecule has 82 valence electrons. The molecule has 2 heterocycles. The molecule has 1 aliphatic rings. The molecule has 1 aromatic rings. The van der Waals surface area contributed by atoms with Crippen molar-refractivity contribution in [3.8, 4) is 0 Å². The molecule has 1 atom stereocenters. The van der Waals surface area contributed by atoms with Gasteiger partial charge in [0.1, 0.15) is 12.2 Å². The summed E-state index contributed by atoms with van der Waals surface area (Å²) in [5.41, 5.74) is 0. The lowest BCUT2D eigenvalue weighted by Crippen LogP contribution is -2.30. The van der Waals surface area contributed by atoms with E-state index in [1.165, 1.54) is 6.33 Å². The second-order valence-corrected chi connectivity index (χ2v) is 3.99. The maximum atomic E-state index is 11.7. The summed E-state index contributed by atoms with van der Waals surface area (Å²) in [5, 5.41) is 6.93. The van der Waals surface area contributed by atoms with Gasteiger partial charge in [-0.15, -0.1) is 0 Å². The van der Waals surface area contributed by atoms with E-state index in [1.807, 2.05) is 7.05 Å². The molecule has 1 N–H and O–H groups in total. The zero-order valence-corrected chi connectivity index (χ0v) is 8.94. The Kier molecular flexibility index (Phi) is 2.99. The number of carbonyl (C=O) groups is 1. The minimum Gasteiger partial charge on any atom is -0.356 e. The van der Waals surface area contributed by atoms with Crippen LogP contribution in [-0.2, 0) is 18.3 Å². The van der Waals surface area contributed by atoms with Gasteiger partial charge in [0, 0.05) is 25.9 Å². The number of hydrogen-bond donors (Lipinski definition) is 1. The fourth-order valence-electron chi connectivity index (χ4n) is 1.92. The Labute approximate surface area is 88.9 Å². The molecule has 1 amide bonds. The van der Waals surface area contributed by atoms with Gasteiger partial charge < -0.3 is 5.32 Å². The van der Waals surface area contributed by atoms with E-state index in [2.05, 4.69) is 15.4 Å². The van der Waals surface area contributed by atoms with Gasteiger partial charge in [0.25, 0.3) is 0 Å². The molecule has 0 aromatic carbocycles. The zero-order valence-electron chi connectivity index (χ0n) is 8.94. The first-order valence-corrected chi connectivity index (χ1v) is 5.38. The number of rotatable bonds is 2. The monoisotopic (exact) mass is 208 g/mol. The van der Waals surface area contributed by atoms with Crippen LogP contribution in [0.15, 0.2) is 6.33 Å². The molecule has 1 aromatic heterocycles. The van der Waals surface area contributed by atoms with E-state index in [0.29, 0.717) is 6.42 Å². The third kappa shape index (κ3) is 2.34. The molecule has 1 fully saturated rings. The van der Waals surface area contributed by atoms with Crippen LogP contribution in [0, 0.1) is 5.92 Å². The van der Waals surface area contributed by atoms with Crippen LogP contribution in [0.2, 0.25) is 0 Å². The van der Waals surface area contributed by atoms with Crippen LogP contribution in [0.3, 0.4) is 0 Å². The Balaban J connectivity index is 2.03. The van der Waals surface area contributed by atoms with Gasteiger partial charge in [0.15, 0.2) is 0 Å². The Hall–Kier alpha value is -1.39. The van der Waals surface area contributed by atoms with Crippen LogP contribution < -0.4 is 5.32 Å². The molecular weight excluding hydrogens is 192 g/mol. The lowest BCUT2D eigenvalue weighted by atomic mass is 9.98. The van der Waals surface area contributed by atoms with Gasteiger partial charge >= 0.3 is 0 Å². The Morgan fingerprint density at radius 3 is 3.20 bits per heavy atom. The summed E-state index contributed by atoms with van der Waals surface area (Å²) in [7, 11) is 1.86. The minimum absolute atomic E-state index is 0.0652. The smallest absolute Gasteiger partial charge is 0.223 e. The molecule has 5 nitrogen and oxygen atoms in total. The van der Waals surface area contributed by atoms with Gasteiger partial charge in [-0.3, -0.25) is 9.48 Å². The number of aromatic nitrogens is 3. The second-order valence-electron chi connectivity index (χ2n) is 3.99. The van der Waals surface area contributed by atoms with Crippen LogP contribution in [0.5, 0.6) is 0 Å². The largest absolute Gasteiger partial charge is 0.356 e. The van der Waals surface area contributed by atoms with Gasteiger partial charge in [-0.05, 0) is 12.8 Å². The maximum absolute atomic E-state index is 11.7. The van der Waals surface area contributed by atoms with Crippen molar-refractivity contribution in [3.05, 3.63) is 12.2 Å². The Bertz CT molecular complexity index is 347. The molecule has 0 aliphatic carbocycles. The fraction of sp³-hybridized carbons (Fsp3) is 0.700. The van der Waals surface area contributed by atoms with E-state index in [-0.39, 0.29) is 11.8 Å². The predicted molar refractivity (Wildman–Crippen MR) is 55.1 cm³/mol. The summed E-state index contributed by atoms with van der Waals surface area (Å²) < 4.78 is 1.73. The van der Waals surface area contributed by atoms with Crippen molar-refractivity contribution in [2.45, 2.75) is 25.7 Å². The third-order valence-corrected chi connectivity index (χ3v) is 2.88. The summed E-state index contributed by atoms with van der Waals surface area (Å²) in [6, 6.07) is 0. The maximum Gasteiger partial charge on any atom is 0.223 e. The second kappa shape index (κ2) is 4.42. The van der Waals surface area contributed by atoms with Gasteiger partial charge in [0.2, 0.25) is 5.91 Å². The lowest BCUT2D eigenvalue weighted by molar-refractivity contribution is -0.124. The van der Waals surface area contributed by atoms with Crippen molar-refractivity contribution in [2.24, 2.45) is 13.0 Å². The molecule has 2 rings (SSSR count). The lowest BCUT2D eigenvalue weighted by Gasteiger charge is -2.11. The molecule has 0 radical (unpaired) electrons. The molecule has 1 saturated heterocycles. The first-order chi connectivity index (χ1) is 7.27. The Morgan fingerprint density at radius 1 is 1.60 bits per heavy atom. The molecule has 1 unspecified atom stereocenters. The van der Waals surface area contributed by atoms with Crippen LogP contribution in [0.4, 0.5) is 0 Å². The van der Waals surface area contributed by atoms with Crippen molar-refractivity contribution in [1.29, 1.82) is 0 Å². The standard InChI is InChI=1S/C10H16N4O/c1-14-9(12-7-13-14)6-8-4-2-3-5-11-10(8)15/h7-8H,2-6H2,1H3,(H,11,15). The van der Waals surface area contributed by atoms with Gasteiger partial charge in [-0.25, -0.2) is 4.98 Å². The SMILES string of the molecule is Cn1ncnc1CC1CCCCNC1=O. The molecule has 15 heavy (non-hydrogen) atoms. The summed E-state index contributed by atoms with van der Waals surface area (Å²) in [5.74, 6) is 1.11. The summed E-state index contributed by atoms with van der Waals surface area (Å²) in [6.45, 7) is 0.814. The number of aryl methyl sites for hydroxylation is 1. The van der Waals surface area contributed by atoms with E-state index in [0.717, 1.165) is 31.6 Å². The highest BCUT2D eigenvalue weighted by Gasteiger charge is 2.22. The van der Waals surface area contributed by atoms with Crippen LogP contribution in [-0.4, -0.2) is 27.2 Å². The molecular formula is C10H16N4O. The first kappa shape index (κ1) is 10.1. The van der Waals surface area contributed by atoms with E-state index in [1.54, 1.807) is 4.68 Å². The summed E-state index contributed by atoms with van der Waals surface area (Å²) >= 11 is 0. The predicted octanol–water partition coefficient (Wildman–Crippen LogP) is 0.274. The number of carbonyl (C=O) groups excluding carboxylic acids is 1. The van der Waals surface area contributed by atoms with Crippen LogP contribution >= 0.6 is 0 Å². The van der Waals surface area contributed by atoms with Gasteiger partial charge in [-0.2, -0.15) is 5.10 Å². The minimum atomic E-state index is 0.0652. The van der Waals surface area contributed by atoms with Crippen molar-refractivity contribution in [2.75, 3.05) is 6.54 Å². The number of amides is 1. The van der Waals surface area contributed by atoms with E-state index in [4.69, 9.17) is 0 Å². The first-order valence-electron chi connectivity index (χ1n) is 5.38. The summed E-state index contributed by atoms with van der Waals surface area (Å²) in [4.78, 5) is 15.8. The molecule has 0 bridgehead atoms. The van der Waals surface area contributed by atoms with Gasteiger partial charge in [0.05, 0.1) is 0 Å². The fourth-order valence-corrected chi connectivity index (χ4v) is 1.92. The number of nitrogens with zero attached hydrogens (tertiary/aromatic N) is 3. The van der Waals surface area contributed by atoms with Crippen molar-refractivity contribution >= 4 is 5.91 Å². The van der Waals surface area contributed by atoms with Crippen LogP contribution in [0.1, 0.15) is 25.1 Å². The molecule has 5 heteroatoms. The van der Waals surface area contributed by atoms with E-state index >= 15 is 0 Å². The highest BCUT2D eigenvalue weighted by atomic mass is 16.1. The number of hydrogen-bond acceptors (Lipinski definition) is 3. The topological polar surface area (TPSA) is 59.8 Å². The zero-order chi connectivity index (χ0) is 10.7. The quantitative estimate of drug-likeness (QED) is 0.759. The average molecular weight is 208 g/mol. The number of nitrogens with one attached hydrogen (secondary N) is 1. The van der Waals surface area contributed by atoms with Crippen molar-refractivity contribution in [1.82, 2.24) is 20.1 Å². The highest BCUT2D eigenvalue weighted by Crippen LogP contribution is 2.16. The molecule has 1 aliphatic heterocycles. The molecule has 0 saturated carbocycles. The van der Waals surface area contributed by atoms with Crippen molar-refractivity contribution in [3.63, 3.8) is 0 Å². The normalized spacial score (nSPS) is 22.2. The summed E-state index contributed by atoms with van der Waals surface area (Å²) in [6.07, 6.45) is 5.38. The van der Waals surface area contributed by atoms with Crippen LogP contribution in [0.25, 0.3) is 0 Å². The average Bonchev–Trinajstić information content (AvgIpc) is 2.50. The highest BCUT2D eigenvalue weighted by molar-refractivity contribution is 5.79. The van der Waals surface area contributed by atoms with E-state index in [9.17, 15) is 4.79 Å². The van der Waals surface area contributed by atoms with Crippen molar-refractivity contribution < 1.29 is 4.79 Å².